The van der Waals surface area contributed by atoms with Gasteiger partial charge in [0.05, 0.1) is 5.39 Å². The molecule has 6 heteroatoms. The molecule has 2 fully saturated rings. The van der Waals surface area contributed by atoms with Crippen LogP contribution in [-0.2, 0) is 4.79 Å². The average Bonchev–Trinajstić information content (AvgIpc) is 3.17. The Hall–Kier alpha value is -1.69. The molecular weight excluding hydrogens is 308 g/mol. The van der Waals surface area contributed by atoms with Crippen LogP contribution in [0.5, 0.6) is 0 Å². The van der Waals surface area contributed by atoms with Gasteiger partial charge in [0.15, 0.2) is 0 Å². The lowest BCUT2D eigenvalue weighted by atomic mass is 10.1. The fourth-order valence-corrected chi connectivity index (χ4v) is 4.51. The number of thiophene rings is 1. The van der Waals surface area contributed by atoms with Crippen LogP contribution in [0.15, 0.2) is 17.8 Å². The number of likely N-dealkylation sites (tertiary alicyclic amines) is 1. The van der Waals surface area contributed by atoms with Crippen molar-refractivity contribution in [2.45, 2.75) is 44.6 Å². The summed E-state index contributed by atoms with van der Waals surface area (Å²) in [5.74, 6) is 1.23. The minimum atomic E-state index is -0.0499. The molecule has 5 nitrogen and oxygen atoms in total. The maximum Gasteiger partial charge on any atom is 0.245 e. The summed E-state index contributed by atoms with van der Waals surface area (Å²) in [4.78, 5) is 27.2. The van der Waals surface area contributed by atoms with Crippen LogP contribution in [0.25, 0.3) is 10.2 Å². The Morgan fingerprint density at radius 2 is 1.91 bits per heavy atom. The molecule has 0 radical (unpaired) electrons. The van der Waals surface area contributed by atoms with Gasteiger partial charge in [-0.3, -0.25) is 4.79 Å². The van der Waals surface area contributed by atoms with Crippen LogP contribution in [0.4, 0.5) is 5.82 Å². The summed E-state index contributed by atoms with van der Waals surface area (Å²) >= 11 is 1.63. The van der Waals surface area contributed by atoms with Crippen molar-refractivity contribution in [1.82, 2.24) is 14.9 Å². The van der Waals surface area contributed by atoms with E-state index in [1.54, 1.807) is 17.7 Å². The number of hydrogen-bond donors (Lipinski definition) is 0. The predicted molar refractivity (Wildman–Crippen MR) is 92.8 cm³/mol. The summed E-state index contributed by atoms with van der Waals surface area (Å²) in [6.07, 6.45) is 8.39. The van der Waals surface area contributed by atoms with E-state index in [1.807, 2.05) is 5.38 Å². The summed E-state index contributed by atoms with van der Waals surface area (Å²) in [5, 5.41) is 3.12. The summed E-state index contributed by atoms with van der Waals surface area (Å²) in [6.45, 7) is 2.74. The Bertz CT molecular complexity index is 693. The number of nitrogens with zero attached hydrogens (tertiary/aromatic N) is 4. The second-order valence-electron chi connectivity index (χ2n) is 6.43. The summed E-state index contributed by atoms with van der Waals surface area (Å²) < 4.78 is 0. The molecule has 0 saturated carbocycles. The van der Waals surface area contributed by atoms with Gasteiger partial charge in [0, 0.05) is 19.6 Å². The number of carbonyl (C=O) groups is 1. The molecule has 23 heavy (non-hydrogen) atoms. The highest BCUT2D eigenvalue weighted by Crippen LogP contribution is 2.32. The molecule has 4 rings (SSSR count). The van der Waals surface area contributed by atoms with Crippen LogP contribution in [0, 0.1) is 0 Å². The van der Waals surface area contributed by atoms with Crippen molar-refractivity contribution in [1.29, 1.82) is 0 Å². The lowest BCUT2D eigenvalue weighted by Gasteiger charge is -2.30. The summed E-state index contributed by atoms with van der Waals surface area (Å²) in [5.41, 5.74) is 0. The smallest absolute Gasteiger partial charge is 0.245 e. The van der Waals surface area contributed by atoms with E-state index in [-0.39, 0.29) is 6.04 Å². The van der Waals surface area contributed by atoms with Crippen LogP contribution in [0.1, 0.15) is 38.5 Å². The van der Waals surface area contributed by atoms with Gasteiger partial charge in [-0.25, -0.2) is 9.97 Å². The Labute approximate surface area is 140 Å². The zero-order chi connectivity index (χ0) is 15.6. The highest BCUT2D eigenvalue weighted by atomic mass is 32.1. The van der Waals surface area contributed by atoms with Crippen LogP contribution >= 0.6 is 11.3 Å². The van der Waals surface area contributed by atoms with Crippen molar-refractivity contribution >= 4 is 33.3 Å². The SMILES string of the molecule is O=C([C@H]1CCCN1c1ncnc2sccc12)N1CCCCCC1. The third-order valence-electron chi connectivity index (χ3n) is 4.97. The monoisotopic (exact) mass is 330 g/mol. The average molecular weight is 330 g/mol. The van der Waals surface area contributed by atoms with E-state index in [9.17, 15) is 4.79 Å². The topological polar surface area (TPSA) is 49.3 Å². The number of amides is 1. The van der Waals surface area contributed by atoms with Crippen molar-refractivity contribution in [3.05, 3.63) is 17.8 Å². The van der Waals surface area contributed by atoms with E-state index in [2.05, 4.69) is 25.8 Å². The molecule has 1 amide bonds. The van der Waals surface area contributed by atoms with Gasteiger partial charge in [-0.15, -0.1) is 11.3 Å². The highest BCUT2D eigenvalue weighted by molar-refractivity contribution is 7.16. The molecule has 2 aromatic rings. The molecule has 122 valence electrons. The molecule has 2 aromatic heterocycles. The molecule has 1 atom stereocenters. The molecule has 0 N–H and O–H groups in total. The van der Waals surface area contributed by atoms with Crippen LogP contribution in [0.3, 0.4) is 0 Å². The lowest BCUT2D eigenvalue weighted by molar-refractivity contribution is -0.132. The van der Waals surface area contributed by atoms with Crippen LogP contribution in [-0.4, -0.2) is 46.5 Å². The maximum absolute atomic E-state index is 13.1. The van der Waals surface area contributed by atoms with Gasteiger partial charge in [-0.2, -0.15) is 0 Å². The Balaban J connectivity index is 1.61. The largest absolute Gasteiger partial charge is 0.344 e. The zero-order valence-electron chi connectivity index (χ0n) is 13.3. The van der Waals surface area contributed by atoms with E-state index in [4.69, 9.17) is 0 Å². The number of carbonyl (C=O) groups excluding carboxylic acids is 1. The number of anilines is 1. The first kappa shape index (κ1) is 14.9. The van der Waals surface area contributed by atoms with E-state index >= 15 is 0 Å². The van der Waals surface area contributed by atoms with Gasteiger partial charge in [0.1, 0.15) is 23.0 Å². The number of fused-ring (bicyclic) bond motifs is 1. The van der Waals surface area contributed by atoms with Gasteiger partial charge in [-0.1, -0.05) is 12.8 Å². The summed E-state index contributed by atoms with van der Waals surface area (Å²) in [6, 6.07) is 2.02. The van der Waals surface area contributed by atoms with E-state index in [0.717, 1.165) is 61.4 Å². The molecule has 0 aliphatic carbocycles. The fourth-order valence-electron chi connectivity index (χ4n) is 3.78. The first-order valence-electron chi connectivity index (χ1n) is 8.58. The highest BCUT2D eigenvalue weighted by Gasteiger charge is 2.35. The summed E-state index contributed by atoms with van der Waals surface area (Å²) in [7, 11) is 0. The van der Waals surface area contributed by atoms with E-state index in [1.165, 1.54) is 12.8 Å². The second-order valence-corrected chi connectivity index (χ2v) is 7.32. The molecule has 4 heterocycles. The molecular formula is C17H22N4OS. The quantitative estimate of drug-likeness (QED) is 0.849. The first-order chi connectivity index (χ1) is 11.3. The Morgan fingerprint density at radius 3 is 2.74 bits per heavy atom. The molecule has 0 bridgehead atoms. The molecule has 2 saturated heterocycles. The molecule has 2 aliphatic rings. The van der Waals surface area contributed by atoms with Gasteiger partial charge in [-0.05, 0) is 37.1 Å². The van der Waals surface area contributed by atoms with Crippen molar-refractivity contribution in [2.75, 3.05) is 24.5 Å². The van der Waals surface area contributed by atoms with E-state index in [0.29, 0.717) is 5.91 Å². The van der Waals surface area contributed by atoms with Crippen molar-refractivity contribution < 1.29 is 4.79 Å². The minimum absolute atomic E-state index is 0.0499. The van der Waals surface area contributed by atoms with Gasteiger partial charge in [0.25, 0.3) is 0 Å². The van der Waals surface area contributed by atoms with Gasteiger partial charge in [0.2, 0.25) is 5.91 Å². The number of rotatable bonds is 2. The number of aromatic nitrogens is 2. The Morgan fingerprint density at radius 1 is 1.09 bits per heavy atom. The molecule has 2 aliphatic heterocycles. The zero-order valence-corrected chi connectivity index (χ0v) is 14.1. The van der Waals surface area contributed by atoms with Crippen molar-refractivity contribution in [2.24, 2.45) is 0 Å². The third-order valence-corrected chi connectivity index (χ3v) is 5.79. The fraction of sp³-hybridized carbons (Fsp3) is 0.588. The third kappa shape index (κ3) is 2.80. The first-order valence-corrected chi connectivity index (χ1v) is 9.46. The van der Waals surface area contributed by atoms with Crippen LogP contribution in [0.2, 0.25) is 0 Å². The Kier molecular flexibility index (Phi) is 4.16. The molecule has 0 unspecified atom stereocenters. The maximum atomic E-state index is 13.1. The standard InChI is InChI=1S/C17H22N4OS/c22-17(20-8-3-1-2-4-9-20)14-6-5-10-21(14)15-13-7-11-23-16(13)19-12-18-15/h7,11-12,14H,1-6,8-10H2/t14-/m1/s1. The minimum Gasteiger partial charge on any atom is -0.344 e. The number of hydrogen-bond acceptors (Lipinski definition) is 5. The lowest BCUT2D eigenvalue weighted by Crippen LogP contribution is -2.46. The second kappa shape index (κ2) is 6.43. The van der Waals surface area contributed by atoms with Gasteiger partial charge >= 0.3 is 0 Å². The van der Waals surface area contributed by atoms with Gasteiger partial charge < -0.3 is 9.80 Å². The molecule has 0 aromatic carbocycles. The predicted octanol–water partition coefficient (Wildman–Crippen LogP) is 3.06. The molecule has 0 spiro atoms. The van der Waals surface area contributed by atoms with Crippen LogP contribution < -0.4 is 4.90 Å². The van der Waals surface area contributed by atoms with Crippen molar-refractivity contribution in [3.8, 4) is 0 Å². The van der Waals surface area contributed by atoms with E-state index < -0.39 is 0 Å². The normalized spacial score (nSPS) is 22.5. The van der Waals surface area contributed by atoms with Crippen molar-refractivity contribution in [3.63, 3.8) is 0 Å².